The van der Waals surface area contributed by atoms with Gasteiger partial charge in [0.25, 0.3) is 16.1 Å². The van der Waals surface area contributed by atoms with E-state index in [0.717, 1.165) is 18.2 Å². The van der Waals surface area contributed by atoms with Gasteiger partial charge in [-0.2, -0.15) is 21.6 Å². The lowest BCUT2D eigenvalue weighted by Gasteiger charge is -2.09. The number of nitrogens with zero attached hydrogens (tertiary/aromatic N) is 1. The molecule has 0 atom stereocenters. The van der Waals surface area contributed by atoms with E-state index >= 15 is 0 Å². The van der Waals surface area contributed by atoms with Gasteiger partial charge in [-0.25, -0.2) is 4.79 Å². The minimum absolute atomic E-state index is 0.304. The molecule has 0 fully saturated rings. The van der Waals surface area contributed by atoms with Crippen LogP contribution >= 0.6 is 11.6 Å². The number of isocyanates is 1. The van der Waals surface area contributed by atoms with Gasteiger partial charge in [-0.15, -0.1) is 0 Å². The van der Waals surface area contributed by atoms with Crippen molar-refractivity contribution < 1.29 is 26.4 Å². The monoisotopic (exact) mass is 285 g/mol. The van der Waals surface area contributed by atoms with Gasteiger partial charge in [0.2, 0.25) is 0 Å². The highest BCUT2D eigenvalue weighted by atomic mass is 35.5. The van der Waals surface area contributed by atoms with E-state index in [2.05, 4.69) is 4.40 Å². The lowest BCUT2D eigenvalue weighted by Crippen LogP contribution is -2.08. The normalized spacial score (nSPS) is 12.0. The van der Waals surface area contributed by atoms with Gasteiger partial charge in [0.15, 0.2) is 0 Å². The standard InChI is InChI=1S/C8H3ClF3NO3S/c9-7-2-1-5(17(15,16)13-4-14)3-6(7)8(10,11)12/h1-3H. The average Bonchev–Trinajstić information content (AvgIpc) is 2.15. The summed E-state index contributed by atoms with van der Waals surface area (Å²) in [6, 6.07) is 1.88. The van der Waals surface area contributed by atoms with E-state index in [9.17, 15) is 26.4 Å². The van der Waals surface area contributed by atoms with Crippen LogP contribution in [0.3, 0.4) is 0 Å². The summed E-state index contributed by atoms with van der Waals surface area (Å²) in [6.07, 6.45) is -4.05. The zero-order valence-electron chi connectivity index (χ0n) is 7.82. The molecule has 0 aliphatic carbocycles. The fraction of sp³-hybridized carbons (Fsp3) is 0.125. The molecule has 0 aliphatic heterocycles. The van der Waals surface area contributed by atoms with Gasteiger partial charge in [-0.05, 0) is 18.2 Å². The van der Waals surface area contributed by atoms with Gasteiger partial charge in [0.05, 0.1) is 15.5 Å². The van der Waals surface area contributed by atoms with Gasteiger partial charge in [0.1, 0.15) is 0 Å². The predicted octanol–water partition coefficient (Wildman–Crippen LogP) is 2.38. The first-order valence-electron chi connectivity index (χ1n) is 3.89. The number of carbonyl (C=O) groups excluding carboxylic acids is 1. The molecule has 0 saturated heterocycles. The molecule has 0 bridgehead atoms. The van der Waals surface area contributed by atoms with Crippen LogP contribution in [0.1, 0.15) is 5.56 Å². The Morgan fingerprint density at radius 1 is 1.29 bits per heavy atom. The lowest BCUT2D eigenvalue weighted by atomic mass is 10.2. The second-order valence-corrected chi connectivity index (χ2v) is 4.81. The van der Waals surface area contributed by atoms with Crippen LogP contribution in [0.4, 0.5) is 13.2 Å². The molecule has 0 saturated carbocycles. The summed E-state index contributed by atoms with van der Waals surface area (Å²) in [7, 11) is -4.47. The number of hydrogen-bond donors (Lipinski definition) is 0. The summed E-state index contributed by atoms with van der Waals surface area (Å²) in [5, 5.41) is -0.647. The molecular formula is C8H3ClF3NO3S. The van der Waals surface area contributed by atoms with Crippen molar-refractivity contribution in [2.75, 3.05) is 0 Å². The highest BCUT2D eigenvalue weighted by molar-refractivity contribution is 7.90. The third-order valence-corrected chi connectivity index (χ3v) is 3.19. The Kier molecular flexibility index (Phi) is 3.61. The molecule has 0 N–H and O–H groups in total. The van der Waals surface area contributed by atoms with E-state index in [1.54, 1.807) is 0 Å². The summed E-state index contributed by atoms with van der Waals surface area (Å²) in [6.45, 7) is 0. The van der Waals surface area contributed by atoms with Crippen molar-refractivity contribution in [2.24, 2.45) is 4.40 Å². The topological polar surface area (TPSA) is 63.6 Å². The van der Waals surface area contributed by atoms with Gasteiger partial charge in [0, 0.05) is 0 Å². The van der Waals surface area contributed by atoms with Crippen molar-refractivity contribution in [3.8, 4) is 0 Å². The molecule has 0 amide bonds. The lowest BCUT2D eigenvalue weighted by molar-refractivity contribution is -0.137. The van der Waals surface area contributed by atoms with E-state index in [4.69, 9.17) is 11.6 Å². The fourth-order valence-electron chi connectivity index (χ4n) is 0.984. The molecular weight excluding hydrogens is 283 g/mol. The Hall–Kier alpha value is -1.37. The molecule has 9 heteroatoms. The van der Waals surface area contributed by atoms with Crippen LogP contribution in [0.2, 0.25) is 5.02 Å². The summed E-state index contributed by atoms with van der Waals surface area (Å²) >= 11 is 5.29. The summed E-state index contributed by atoms with van der Waals surface area (Å²) in [4.78, 5) is 9.04. The molecule has 0 radical (unpaired) electrons. The van der Waals surface area contributed by atoms with Gasteiger partial charge in [-0.1, -0.05) is 16.0 Å². The van der Waals surface area contributed by atoms with Crippen LogP contribution in [0.5, 0.6) is 0 Å². The highest BCUT2D eigenvalue weighted by Crippen LogP contribution is 2.36. The van der Waals surface area contributed by atoms with Crippen molar-refractivity contribution in [1.82, 2.24) is 0 Å². The second kappa shape index (κ2) is 4.48. The number of hydrogen-bond acceptors (Lipinski definition) is 3. The Labute approximate surface area is 98.8 Å². The minimum Gasteiger partial charge on any atom is -0.210 e. The number of sulfonamides is 1. The van der Waals surface area contributed by atoms with Crippen LogP contribution in [0.25, 0.3) is 0 Å². The quantitative estimate of drug-likeness (QED) is 0.619. The van der Waals surface area contributed by atoms with Gasteiger partial charge >= 0.3 is 6.18 Å². The maximum absolute atomic E-state index is 12.4. The smallest absolute Gasteiger partial charge is 0.210 e. The van der Waals surface area contributed by atoms with Gasteiger partial charge < -0.3 is 0 Å². The zero-order chi connectivity index (χ0) is 13.3. The summed E-state index contributed by atoms with van der Waals surface area (Å²) < 4.78 is 62.0. The summed E-state index contributed by atoms with van der Waals surface area (Å²) in [5.41, 5.74) is -1.32. The maximum atomic E-state index is 12.4. The average molecular weight is 286 g/mol. The van der Waals surface area contributed by atoms with Crippen LogP contribution in [-0.4, -0.2) is 14.5 Å². The van der Waals surface area contributed by atoms with E-state index in [-0.39, 0.29) is 0 Å². The first kappa shape index (κ1) is 13.7. The van der Waals surface area contributed by atoms with E-state index in [1.807, 2.05) is 0 Å². The molecule has 0 unspecified atom stereocenters. The van der Waals surface area contributed by atoms with Crippen molar-refractivity contribution in [2.45, 2.75) is 11.1 Å². The van der Waals surface area contributed by atoms with E-state index in [1.165, 1.54) is 0 Å². The van der Waals surface area contributed by atoms with Crippen molar-refractivity contribution in [3.63, 3.8) is 0 Å². The molecule has 1 aromatic rings. The van der Waals surface area contributed by atoms with Gasteiger partial charge in [-0.3, -0.25) is 0 Å². The highest BCUT2D eigenvalue weighted by Gasteiger charge is 2.34. The Bertz CT molecular complexity index is 591. The van der Waals surface area contributed by atoms with Crippen LogP contribution in [0, 0.1) is 0 Å². The number of halogens is 4. The second-order valence-electron chi connectivity index (χ2n) is 2.80. The third kappa shape index (κ3) is 3.06. The zero-order valence-corrected chi connectivity index (χ0v) is 9.40. The SMILES string of the molecule is O=C=NS(=O)(=O)c1ccc(Cl)c(C(F)(F)F)c1. The summed E-state index contributed by atoms with van der Waals surface area (Å²) in [5.74, 6) is 0. The largest absolute Gasteiger partial charge is 0.417 e. The molecule has 0 spiro atoms. The van der Waals surface area contributed by atoms with Crippen LogP contribution in [0.15, 0.2) is 27.5 Å². The maximum Gasteiger partial charge on any atom is 0.417 e. The van der Waals surface area contributed by atoms with Crippen molar-refractivity contribution in [3.05, 3.63) is 28.8 Å². The Morgan fingerprint density at radius 2 is 1.88 bits per heavy atom. The molecule has 0 aromatic heterocycles. The molecule has 0 aliphatic rings. The first-order valence-corrected chi connectivity index (χ1v) is 5.71. The van der Waals surface area contributed by atoms with Crippen LogP contribution in [-0.2, 0) is 21.0 Å². The molecule has 4 nitrogen and oxygen atoms in total. The van der Waals surface area contributed by atoms with E-state index in [0.29, 0.717) is 6.07 Å². The van der Waals surface area contributed by atoms with Crippen molar-refractivity contribution in [1.29, 1.82) is 0 Å². The Morgan fingerprint density at radius 3 is 2.35 bits per heavy atom. The molecule has 1 aromatic carbocycles. The number of rotatable bonds is 2. The molecule has 92 valence electrons. The Balaban J connectivity index is 3.47. The molecule has 17 heavy (non-hydrogen) atoms. The third-order valence-electron chi connectivity index (χ3n) is 1.70. The number of benzene rings is 1. The minimum atomic E-state index is -4.80. The molecule has 0 heterocycles. The fourth-order valence-corrected chi connectivity index (χ4v) is 1.92. The van der Waals surface area contributed by atoms with Crippen LogP contribution < -0.4 is 0 Å². The number of alkyl halides is 3. The molecule has 1 rings (SSSR count). The van der Waals surface area contributed by atoms with E-state index < -0.39 is 31.7 Å². The predicted molar refractivity (Wildman–Crippen MR) is 51.8 cm³/mol. The first-order chi connectivity index (χ1) is 7.68. The van der Waals surface area contributed by atoms with Crippen molar-refractivity contribution >= 4 is 27.7 Å².